The minimum Gasteiger partial charge on any atom is -0.459 e. The second-order valence-corrected chi connectivity index (χ2v) is 6.98. The number of aliphatic imine (C=N–C) groups is 1. The molecule has 0 saturated heterocycles. The number of carbonyl (C=O) groups excluding carboxylic acids is 1. The maximum atomic E-state index is 12.0. The van der Waals surface area contributed by atoms with Gasteiger partial charge in [-0.1, -0.05) is 12.1 Å². The molecule has 0 atom stereocenters. The lowest BCUT2D eigenvalue weighted by Gasteiger charge is -2.12. The molecule has 2 heterocycles. The van der Waals surface area contributed by atoms with Crippen molar-refractivity contribution in [3.05, 3.63) is 71.4 Å². The summed E-state index contributed by atoms with van der Waals surface area (Å²) in [6.07, 6.45) is 2.43. The number of aryl methyl sites for hydroxylation is 3. The molecular formula is C22H28N6O2. The lowest BCUT2D eigenvalue weighted by molar-refractivity contribution is 0.0996. The van der Waals surface area contributed by atoms with Crippen LogP contribution in [0.1, 0.15) is 33.9 Å². The van der Waals surface area contributed by atoms with Crippen molar-refractivity contribution in [2.45, 2.75) is 33.4 Å². The molecule has 3 N–H and O–H groups in total. The third kappa shape index (κ3) is 5.97. The molecule has 8 heteroatoms. The molecule has 3 rings (SSSR count). The summed E-state index contributed by atoms with van der Waals surface area (Å²) >= 11 is 0. The molecule has 0 saturated carbocycles. The van der Waals surface area contributed by atoms with Gasteiger partial charge in [0, 0.05) is 38.1 Å². The Kier molecular flexibility index (Phi) is 7.26. The third-order valence-electron chi connectivity index (χ3n) is 4.58. The van der Waals surface area contributed by atoms with Crippen molar-refractivity contribution < 1.29 is 9.21 Å². The molecule has 0 bridgehead atoms. The zero-order valence-corrected chi connectivity index (χ0v) is 17.6. The molecule has 1 aromatic carbocycles. The van der Waals surface area contributed by atoms with Gasteiger partial charge in [-0.25, -0.2) is 0 Å². The fourth-order valence-electron chi connectivity index (χ4n) is 3.05. The van der Waals surface area contributed by atoms with Crippen molar-refractivity contribution in [2.75, 3.05) is 18.9 Å². The molecule has 1 amide bonds. The van der Waals surface area contributed by atoms with Gasteiger partial charge in [0.1, 0.15) is 0 Å². The molecular weight excluding hydrogens is 380 g/mol. The summed E-state index contributed by atoms with van der Waals surface area (Å²) in [5, 5.41) is 13.9. The van der Waals surface area contributed by atoms with Gasteiger partial charge < -0.3 is 20.4 Å². The number of nitrogens with zero attached hydrogens (tertiary/aromatic N) is 3. The van der Waals surface area contributed by atoms with E-state index in [1.165, 1.54) is 12.0 Å². The van der Waals surface area contributed by atoms with Crippen molar-refractivity contribution in [1.29, 1.82) is 0 Å². The zero-order chi connectivity index (χ0) is 21.3. The number of amides is 1. The quantitative estimate of drug-likeness (QED) is 0.302. The predicted molar refractivity (Wildman–Crippen MR) is 118 cm³/mol. The van der Waals surface area contributed by atoms with E-state index in [1.807, 2.05) is 35.9 Å². The molecule has 0 fully saturated rings. The van der Waals surface area contributed by atoms with Gasteiger partial charge in [0.15, 0.2) is 11.7 Å². The van der Waals surface area contributed by atoms with Gasteiger partial charge >= 0.3 is 0 Å². The van der Waals surface area contributed by atoms with E-state index in [9.17, 15) is 4.79 Å². The van der Waals surface area contributed by atoms with E-state index in [0.717, 1.165) is 36.7 Å². The Morgan fingerprint density at radius 1 is 1.17 bits per heavy atom. The van der Waals surface area contributed by atoms with Gasteiger partial charge in [0.05, 0.1) is 12.0 Å². The van der Waals surface area contributed by atoms with Gasteiger partial charge in [-0.2, -0.15) is 5.10 Å². The Labute approximate surface area is 176 Å². The van der Waals surface area contributed by atoms with E-state index in [0.29, 0.717) is 12.2 Å². The SMILES string of the molecule is CN=C(NCCCn1nc(C)cc1C)NCc1ccc(NC(=O)c2ccco2)cc1. The normalized spacial score (nSPS) is 11.4. The standard InChI is InChI=1S/C22H28N6O2/c1-16-14-17(2)28(27-16)12-5-11-24-22(23-3)25-15-18-7-9-19(10-8-18)26-21(29)20-6-4-13-30-20/h4,6-10,13-14H,5,11-12,15H2,1-3H3,(H,26,29)(H2,23,24,25). The Morgan fingerprint density at radius 2 is 1.97 bits per heavy atom. The average Bonchev–Trinajstić information content (AvgIpc) is 3.38. The lowest BCUT2D eigenvalue weighted by Crippen LogP contribution is -2.37. The smallest absolute Gasteiger partial charge is 0.291 e. The zero-order valence-electron chi connectivity index (χ0n) is 17.6. The summed E-state index contributed by atoms with van der Waals surface area (Å²) in [6, 6.07) is 13.0. The number of nitrogens with one attached hydrogen (secondary N) is 3. The topological polar surface area (TPSA) is 96.5 Å². The van der Waals surface area contributed by atoms with E-state index >= 15 is 0 Å². The molecule has 0 spiro atoms. The Morgan fingerprint density at radius 3 is 2.60 bits per heavy atom. The van der Waals surface area contributed by atoms with Crippen molar-refractivity contribution in [3.63, 3.8) is 0 Å². The number of benzene rings is 1. The van der Waals surface area contributed by atoms with Gasteiger partial charge in [0.2, 0.25) is 0 Å². The largest absolute Gasteiger partial charge is 0.459 e. The number of furan rings is 1. The molecule has 30 heavy (non-hydrogen) atoms. The van der Waals surface area contributed by atoms with E-state index in [2.05, 4.69) is 39.0 Å². The van der Waals surface area contributed by atoms with E-state index in [1.54, 1.807) is 19.2 Å². The summed E-state index contributed by atoms with van der Waals surface area (Å²) in [5.74, 6) is 0.767. The Balaban J connectivity index is 1.40. The fourth-order valence-corrected chi connectivity index (χ4v) is 3.05. The molecule has 8 nitrogen and oxygen atoms in total. The van der Waals surface area contributed by atoms with Crippen molar-refractivity contribution in [1.82, 2.24) is 20.4 Å². The van der Waals surface area contributed by atoms with Crippen molar-refractivity contribution in [3.8, 4) is 0 Å². The molecule has 3 aromatic rings. The summed E-state index contributed by atoms with van der Waals surface area (Å²) in [6.45, 7) is 6.38. The predicted octanol–water partition coefficient (Wildman–Crippen LogP) is 3.10. The summed E-state index contributed by atoms with van der Waals surface area (Å²) in [7, 11) is 1.75. The van der Waals surface area contributed by atoms with E-state index < -0.39 is 0 Å². The molecule has 0 aliphatic carbocycles. The highest BCUT2D eigenvalue weighted by atomic mass is 16.3. The van der Waals surface area contributed by atoms with Crippen LogP contribution in [0.5, 0.6) is 0 Å². The van der Waals surface area contributed by atoms with Crippen LogP contribution in [0.3, 0.4) is 0 Å². The first-order valence-electron chi connectivity index (χ1n) is 9.94. The number of hydrogen-bond donors (Lipinski definition) is 3. The molecule has 0 aliphatic heterocycles. The highest BCUT2D eigenvalue weighted by Crippen LogP contribution is 2.11. The first-order chi connectivity index (χ1) is 14.5. The van der Waals surface area contributed by atoms with Crippen LogP contribution in [0.4, 0.5) is 5.69 Å². The third-order valence-corrected chi connectivity index (χ3v) is 4.58. The highest BCUT2D eigenvalue weighted by molar-refractivity contribution is 6.02. The second kappa shape index (κ2) is 10.3. The van der Waals surface area contributed by atoms with E-state index in [4.69, 9.17) is 4.42 Å². The van der Waals surface area contributed by atoms with Crippen LogP contribution in [-0.2, 0) is 13.1 Å². The number of anilines is 1. The molecule has 0 radical (unpaired) electrons. The summed E-state index contributed by atoms with van der Waals surface area (Å²) in [4.78, 5) is 16.3. The number of guanidine groups is 1. The average molecular weight is 409 g/mol. The number of hydrogen-bond acceptors (Lipinski definition) is 4. The van der Waals surface area contributed by atoms with Crippen LogP contribution in [0, 0.1) is 13.8 Å². The number of aromatic nitrogens is 2. The van der Waals surface area contributed by atoms with Crippen molar-refractivity contribution >= 4 is 17.6 Å². The van der Waals surface area contributed by atoms with Crippen LogP contribution in [-0.4, -0.2) is 35.2 Å². The number of rotatable bonds is 8. The Hall–Kier alpha value is -3.55. The van der Waals surface area contributed by atoms with Crippen LogP contribution in [0.15, 0.2) is 58.1 Å². The van der Waals surface area contributed by atoms with Crippen LogP contribution in [0.2, 0.25) is 0 Å². The minimum atomic E-state index is -0.268. The monoisotopic (exact) mass is 408 g/mol. The van der Waals surface area contributed by atoms with Crippen molar-refractivity contribution in [2.24, 2.45) is 4.99 Å². The molecule has 158 valence electrons. The molecule has 0 aliphatic rings. The lowest BCUT2D eigenvalue weighted by atomic mass is 10.2. The summed E-state index contributed by atoms with van der Waals surface area (Å²) in [5.41, 5.74) is 4.02. The Bertz CT molecular complexity index is 974. The van der Waals surface area contributed by atoms with E-state index in [-0.39, 0.29) is 11.7 Å². The molecule has 0 unspecified atom stereocenters. The van der Waals surface area contributed by atoms with Gasteiger partial charge in [-0.05, 0) is 56.2 Å². The van der Waals surface area contributed by atoms with Gasteiger partial charge in [-0.3, -0.25) is 14.5 Å². The van der Waals surface area contributed by atoms with Crippen LogP contribution < -0.4 is 16.0 Å². The number of carbonyl (C=O) groups is 1. The first-order valence-corrected chi connectivity index (χ1v) is 9.94. The first kappa shape index (κ1) is 21.2. The van der Waals surface area contributed by atoms with Crippen LogP contribution in [0.25, 0.3) is 0 Å². The fraction of sp³-hybridized carbons (Fsp3) is 0.318. The summed E-state index contributed by atoms with van der Waals surface area (Å²) < 4.78 is 7.12. The van der Waals surface area contributed by atoms with Crippen LogP contribution >= 0.6 is 0 Å². The van der Waals surface area contributed by atoms with Gasteiger partial charge in [0.25, 0.3) is 5.91 Å². The minimum absolute atomic E-state index is 0.268. The maximum absolute atomic E-state index is 12.0. The molecule has 2 aromatic heterocycles. The second-order valence-electron chi connectivity index (χ2n) is 6.98. The highest BCUT2D eigenvalue weighted by Gasteiger charge is 2.08. The maximum Gasteiger partial charge on any atom is 0.291 e. The van der Waals surface area contributed by atoms with Gasteiger partial charge in [-0.15, -0.1) is 0 Å².